The zero-order valence-corrected chi connectivity index (χ0v) is 16.8. The van der Waals surface area contributed by atoms with Crippen molar-refractivity contribution in [3.63, 3.8) is 0 Å². The van der Waals surface area contributed by atoms with Crippen LogP contribution in [0.4, 0.5) is 0 Å². The molecule has 0 radical (unpaired) electrons. The normalized spacial score (nSPS) is 34.3. The van der Waals surface area contributed by atoms with Gasteiger partial charge in [0.05, 0.1) is 0 Å². The highest BCUT2D eigenvalue weighted by atomic mass is 16.2. The standard InChI is InChI=1S/C24H35NO/c1-4-19-10-6-9-18-13-21(14-18)23(19)25-12-11-20(24(25)26)15-22-16(2)7-5-8-17(22)3/h5,7-8,18-21,23H,4,6,9-15H2,1-3H3. The van der Waals surface area contributed by atoms with Gasteiger partial charge in [0.15, 0.2) is 0 Å². The van der Waals surface area contributed by atoms with Crippen LogP contribution in [0.5, 0.6) is 0 Å². The van der Waals surface area contributed by atoms with Crippen LogP contribution >= 0.6 is 0 Å². The van der Waals surface area contributed by atoms with Crippen molar-refractivity contribution in [1.82, 2.24) is 4.90 Å². The van der Waals surface area contributed by atoms with E-state index in [-0.39, 0.29) is 5.92 Å². The summed E-state index contributed by atoms with van der Waals surface area (Å²) >= 11 is 0. The van der Waals surface area contributed by atoms with Gasteiger partial charge in [0.2, 0.25) is 5.91 Å². The molecule has 1 saturated heterocycles. The lowest BCUT2D eigenvalue weighted by molar-refractivity contribution is -0.137. The van der Waals surface area contributed by atoms with Crippen molar-refractivity contribution in [2.75, 3.05) is 6.54 Å². The van der Waals surface area contributed by atoms with Gasteiger partial charge in [-0.3, -0.25) is 4.79 Å². The van der Waals surface area contributed by atoms with Crippen molar-refractivity contribution in [1.29, 1.82) is 0 Å². The molecule has 0 spiro atoms. The Morgan fingerprint density at radius 1 is 1.08 bits per heavy atom. The Kier molecular flexibility index (Phi) is 5.12. The van der Waals surface area contributed by atoms with Crippen LogP contribution in [-0.2, 0) is 11.2 Å². The predicted octanol–water partition coefficient (Wildman–Crippen LogP) is 5.30. The van der Waals surface area contributed by atoms with Gasteiger partial charge in [0, 0.05) is 18.5 Å². The summed E-state index contributed by atoms with van der Waals surface area (Å²) in [6, 6.07) is 7.04. The third kappa shape index (κ3) is 3.21. The molecule has 1 aromatic rings. The molecule has 3 aliphatic carbocycles. The number of fused-ring (bicyclic) bond motifs is 4. The number of benzene rings is 1. The highest BCUT2D eigenvalue weighted by Crippen LogP contribution is 2.48. The van der Waals surface area contributed by atoms with Gasteiger partial charge in [-0.25, -0.2) is 0 Å². The zero-order valence-electron chi connectivity index (χ0n) is 16.8. The molecule has 142 valence electrons. The monoisotopic (exact) mass is 353 g/mol. The topological polar surface area (TPSA) is 20.3 Å². The van der Waals surface area contributed by atoms with Crippen molar-refractivity contribution < 1.29 is 4.79 Å². The molecule has 1 heterocycles. The molecule has 5 rings (SSSR count). The van der Waals surface area contributed by atoms with Crippen molar-refractivity contribution in [2.24, 2.45) is 23.7 Å². The number of hydrogen-bond acceptors (Lipinski definition) is 1. The summed E-state index contributed by atoms with van der Waals surface area (Å²) in [5.74, 6) is 3.13. The van der Waals surface area contributed by atoms with E-state index in [1.54, 1.807) is 0 Å². The third-order valence-corrected chi connectivity index (χ3v) is 7.76. The summed E-state index contributed by atoms with van der Waals surface area (Å²) in [7, 11) is 0. The Balaban J connectivity index is 1.51. The Bertz CT molecular complexity index is 640. The Morgan fingerprint density at radius 2 is 1.81 bits per heavy atom. The first-order chi connectivity index (χ1) is 12.6. The van der Waals surface area contributed by atoms with E-state index in [0.717, 1.165) is 37.1 Å². The Morgan fingerprint density at radius 3 is 2.50 bits per heavy atom. The van der Waals surface area contributed by atoms with Gasteiger partial charge >= 0.3 is 0 Å². The van der Waals surface area contributed by atoms with Crippen LogP contribution in [0.2, 0.25) is 0 Å². The number of hydrogen-bond donors (Lipinski definition) is 0. The van der Waals surface area contributed by atoms with E-state index in [0.29, 0.717) is 11.9 Å². The van der Waals surface area contributed by atoms with Gasteiger partial charge < -0.3 is 4.90 Å². The molecule has 3 unspecified atom stereocenters. The van der Waals surface area contributed by atoms with Crippen LogP contribution in [0.1, 0.15) is 68.6 Å². The summed E-state index contributed by atoms with van der Waals surface area (Å²) in [6.45, 7) is 7.72. The average Bonchev–Trinajstić information content (AvgIpc) is 2.90. The molecule has 2 bridgehead atoms. The number of carbonyl (C=O) groups excluding carboxylic acids is 1. The molecular formula is C24H35NO. The summed E-state index contributed by atoms with van der Waals surface area (Å²) in [5, 5.41) is 0. The van der Waals surface area contributed by atoms with E-state index < -0.39 is 0 Å². The van der Waals surface area contributed by atoms with Crippen LogP contribution in [0.25, 0.3) is 0 Å². The second-order valence-corrected chi connectivity index (χ2v) is 9.28. The van der Waals surface area contributed by atoms with E-state index in [9.17, 15) is 4.79 Å². The van der Waals surface area contributed by atoms with E-state index in [1.165, 1.54) is 55.2 Å². The summed E-state index contributed by atoms with van der Waals surface area (Å²) in [5.41, 5.74) is 4.09. The maximum atomic E-state index is 13.4. The summed E-state index contributed by atoms with van der Waals surface area (Å²) in [4.78, 5) is 15.7. The molecule has 3 atom stereocenters. The minimum atomic E-state index is 0.202. The van der Waals surface area contributed by atoms with E-state index >= 15 is 0 Å². The number of carbonyl (C=O) groups is 1. The van der Waals surface area contributed by atoms with E-state index in [4.69, 9.17) is 0 Å². The number of rotatable bonds is 4. The molecule has 0 N–H and O–H groups in total. The predicted molar refractivity (Wildman–Crippen MR) is 107 cm³/mol. The van der Waals surface area contributed by atoms with Crippen molar-refractivity contribution >= 4 is 5.91 Å². The lowest BCUT2D eigenvalue weighted by Crippen LogP contribution is -2.51. The molecule has 1 aliphatic heterocycles. The van der Waals surface area contributed by atoms with Gasteiger partial charge in [-0.2, -0.15) is 0 Å². The second kappa shape index (κ2) is 7.37. The maximum Gasteiger partial charge on any atom is 0.226 e. The van der Waals surface area contributed by atoms with Crippen molar-refractivity contribution in [3.05, 3.63) is 34.9 Å². The molecule has 0 aromatic heterocycles. The molecular weight excluding hydrogens is 318 g/mol. The molecule has 2 heteroatoms. The molecule has 1 amide bonds. The van der Waals surface area contributed by atoms with Gasteiger partial charge in [-0.05, 0) is 80.4 Å². The molecule has 1 aromatic carbocycles. The van der Waals surface area contributed by atoms with Crippen LogP contribution in [0, 0.1) is 37.5 Å². The zero-order chi connectivity index (χ0) is 18.3. The fourth-order valence-corrected chi connectivity index (χ4v) is 6.15. The highest BCUT2D eigenvalue weighted by Gasteiger charge is 2.46. The smallest absolute Gasteiger partial charge is 0.226 e. The largest absolute Gasteiger partial charge is 0.339 e. The lowest BCUT2D eigenvalue weighted by Gasteiger charge is -2.49. The van der Waals surface area contributed by atoms with Crippen LogP contribution in [0.15, 0.2) is 18.2 Å². The first-order valence-corrected chi connectivity index (χ1v) is 10.9. The number of aryl methyl sites for hydroxylation is 2. The fourth-order valence-electron chi connectivity index (χ4n) is 6.15. The van der Waals surface area contributed by atoms with Gasteiger partial charge in [-0.15, -0.1) is 0 Å². The van der Waals surface area contributed by atoms with Gasteiger partial charge in [0.25, 0.3) is 0 Å². The first-order valence-electron chi connectivity index (χ1n) is 10.9. The molecule has 3 saturated carbocycles. The lowest BCUT2D eigenvalue weighted by atomic mass is 9.63. The van der Waals surface area contributed by atoms with Crippen LogP contribution in [-0.4, -0.2) is 23.4 Å². The number of nitrogens with zero attached hydrogens (tertiary/aromatic N) is 1. The quantitative estimate of drug-likeness (QED) is 0.719. The molecule has 2 nitrogen and oxygen atoms in total. The van der Waals surface area contributed by atoms with Gasteiger partial charge in [-0.1, -0.05) is 44.4 Å². The third-order valence-electron chi connectivity index (χ3n) is 7.76. The Hall–Kier alpha value is -1.31. The van der Waals surface area contributed by atoms with E-state index in [1.807, 2.05) is 0 Å². The number of likely N-dealkylation sites (tertiary alicyclic amines) is 1. The first kappa shape index (κ1) is 18.1. The average molecular weight is 354 g/mol. The molecule has 26 heavy (non-hydrogen) atoms. The second-order valence-electron chi connectivity index (χ2n) is 9.28. The SMILES string of the molecule is CCC1CCCC2CC(C2)C1N1CCC(Cc2c(C)cccc2C)C1=O. The van der Waals surface area contributed by atoms with E-state index in [2.05, 4.69) is 43.9 Å². The van der Waals surface area contributed by atoms with Gasteiger partial charge in [0.1, 0.15) is 0 Å². The van der Waals surface area contributed by atoms with Crippen molar-refractivity contribution in [2.45, 2.75) is 78.2 Å². The highest BCUT2D eigenvalue weighted by molar-refractivity contribution is 5.81. The van der Waals surface area contributed by atoms with Crippen LogP contribution < -0.4 is 0 Å². The summed E-state index contributed by atoms with van der Waals surface area (Å²) < 4.78 is 0. The van der Waals surface area contributed by atoms with Crippen LogP contribution in [0.3, 0.4) is 0 Å². The maximum absolute atomic E-state index is 13.4. The van der Waals surface area contributed by atoms with Crippen molar-refractivity contribution in [3.8, 4) is 0 Å². The summed E-state index contributed by atoms with van der Waals surface area (Å²) in [6.07, 6.45) is 10.1. The Labute approximate surface area is 159 Å². The molecule has 4 fully saturated rings. The molecule has 4 aliphatic rings. The number of amides is 1. The fraction of sp³-hybridized carbons (Fsp3) is 0.708. The minimum Gasteiger partial charge on any atom is -0.339 e. The minimum absolute atomic E-state index is 0.202.